The standard InChI is InChI=1S/C13H12F2N4OS/c14-12(15)9-2-1-3-10(18-13(20)19-16)8(9)4-5-11-17-6-7-21-11/h1-7,12H,16H2,(H2,18,19,20)/b5-4+. The van der Waals surface area contributed by atoms with E-state index < -0.39 is 12.5 Å². The van der Waals surface area contributed by atoms with Gasteiger partial charge in [0.05, 0.1) is 5.69 Å². The monoisotopic (exact) mass is 310 g/mol. The molecule has 0 bridgehead atoms. The number of carbonyl (C=O) groups is 1. The van der Waals surface area contributed by atoms with Crippen LogP contribution in [0.15, 0.2) is 29.8 Å². The van der Waals surface area contributed by atoms with Crippen LogP contribution in [-0.4, -0.2) is 11.0 Å². The molecule has 0 fully saturated rings. The number of carbonyl (C=O) groups excluding carboxylic acids is 1. The number of nitrogens with one attached hydrogen (secondary N) is 2. The van der Waals surface area contributed by atoms with Crippen molar-refractivity contribution >= 4 is 35.2 Å². The van der Waals surface area contributed by atoms with Crippen LogP contribution in [0.3, 0.4) is 0 Å². The molecule has 2 aromatic rings. The zero-order valence-corrected chi connectivity index (χ0v) is 11.5. The summed E-state index contributed by atoms with van der Waals surface area (Å²) in [7, 11) is 0. The van der Waals surface area contributed by atoms with Crippen LogP contribution >= 0.6 is 11.3 Å². The Balaban J connectivity index is 2.40. The van der Waals surface area contributed by atoms with E-state index in [1.165, 1.54) is 35.6 Å². The summed E-state index contributed by atoms with van der Waals surface area (Å²) in [5, 5.41) is 4.86. The molecule has 2 rings (SSSR count). The molecule has 0 saturated heterocycles. The van der Waals surface area contributed by atoms with Crippen LogP contribution in [0.25, 0.3) is 12.2 Å². The van der Waals surface area contributed by atoms with Crippen LogP contribution in [-0.2, 0) is 0 Å². The lowest BCUT2D eigenvalue weighted by Gasteiger charge is -2.12. The van der Waals surface area contributed by atoms with Gasteiger partial charge < -0.3 is 5.32 Å². The van der Waals surface area contributed by atoms with Gasteiger partial charge >= 0.3 is 6.03 Å². The predicted octanol–water partition coefficient (Wildman–Crippen LogP) is 3.25. The Morgan fingerprint density at radius 1 is 1.38 bits per heavy atom. The highest BCUT2D eigenvalue weighted by Crippen LogP contribution is 2.30. The van der Waals surface area contributed by atoms with Gasteiger partial charge in [-0.2, -0.15) is 0 Å². The highest BCUT2D eigenvalue weighted by atomic mass is 32.1. The molecule has 0 atom stereocenters. The van der Waals surface area contributed by atoms with Gasteiger partial charge in [0, 0.05) is 22.7 Å². The molecule has 8 heteroatoms. The Hall–Kier alpha value is -2.32. The maximum absolute atomic E-state index is 13.1. The smallest absolute Gasteiger partial charge is 0.306 e. The third-order valence-corrected chi connectivity index (χ3v) is 3.34. The predicted molar refractivity (Wildman–Crippen MR) is 78.8 cm³/mol. The first-order valence-corrected chi connectivity index (χ1v) is 6.76. The summed E-state index contributed by atoms with van der Waals surface area (Å²) in [5.41, 5.74) is 2.16. The Morgan fingerprint density at radius 2 is 2.19 bits per heavy atom. The van der Waals surface area contributed by atoms with Crippen LogP contribution in [0.5, 0.6) is 0 Å². The van der Waals surface area contributed by atoms with Crippen molar-refractivity contribution in [2.75, 3.05) is 5.32 Å². The summed E-state index contributed by atoms with van der Waals surface area (Å²) < 4.78 is 26.2. The molecule has 21 heavy (non-hydrogen) atoms. The minimum atomic E-state index is -2.66. The van der Waals surface area contributed by atoms with E-state index in [4.69, 9.17) is 5.84 Å². The first-order valence-electron chi connectivity index (χ1n) is 5.88. The van der Waals surface area contributed by atoms with Crippen molar-refractivity contribution in [3.8, 4) is 0 Å². The molecular formula is C13H12F2N4OS. The van der Waals surface area contributed by atoms with E-state index in [1.54, 1.807) is 17.7 Å². The lowest BCUT2D eigenvalue weighted by Crippen LogP contribution is -2.34. The molecule has 0 spiro atoms. The average Bonchev–Trinajstić information content (AvgIpc) is 2.98. The van der Waals surface area contributed by atoms with Crippen molar-refractivity contribution in [3.05, 3.63) is 45.9 Å². The number of hydrogen-bond acceptors (Lipinski definition) is 4. The zero-order chi connectivity index (χ0) is 15.2. The third kappa shape index (κ3) is 3.83. The largest absolute Gasteiger partial charge is 0.333 e. The van der Waals surface area contributed by atoms with Crippen LogP contribution in [0.2, 0.25) is 0 Å². The van der Waals surface area contributed by atoms with Gasteiger partial charge in [-0.25, -0.2) is 24.4 Å². The number of hydrazine groups is 1. The number of urea groups is 1. The lowest BCUT2D eigenvalue weighted by molar-refractivity contribution is 0.151. The number of nitrogens with zero attached hydrogens (tertiary/aromatic N) is 1. The Bertz CT molecular complexity index is 644. The van der Waals surface area contributed by atoms with Crippen LogP contribution < -0.4 is 16.6 Å². The molecule has 0 radical (unpaired) electrons. The summed E-state index contributed by atoms with van der Waals surface area (Å²) in [5.74, 6) is 4.98. The SMILES string of the molecule is NNC(=O)Nc1cccc(C(F)F)c1/C=C/c1nccs1. The van der Waals surface area contributed by atoms with Crippen molar-refractivity contribution in [1.29, 1.82) is 0 Å². The van der Waals surface area contributed by atoms with Crippen LogP contribution in [0.1, 0.15) is 22.6 Å². The molecule has 110 valence electrons. The molecule has 2 amide bonds. The van der Waals surface area contributed by atoms with Gasteiger partial charge in [0.25, 0.3) is 6.43 Å². The topological polar surface area (TPSA) is 80.0 Å². The first kappa shape index (κ1) is 15.1. The number of amides is 2. The molecule has 0 saturated carbocycles. The first-order chi connectivity index (χ1) is 10.1. The van der Waals surface area contributed by atoms with Gasteiger partial charge in [-0.3, -0.25) is 5.43 Å². The van der Waals surface area contributed by atoms with Gasteiger partial charge in [-0.05, 0) is 18.2 Å². The summed E-state index contributed by atoms with van der Waals surface area (Å²) in [6.07, 6.45) is 2.05. The molecule has 0 aliphatic rings. The fourth-order valence-corrected chi connectivity index (χ4v) is 2.23. The van der Waals surface area contributed by atoms with E-state index in [2.05, 4.69) is 10.3 Å². The molecule has 0 unspecified atom stereocenters. The van der Waals surface area contributed by atoms with E-state index in [0.29, 0.717) is 5.01 Å². The Morgan fingerprint density at radius 3 is 2.81 bits per heavy atom. The second-order valence-corrected chi connectivity index (χ2v) is 4.84. The molecule has 4 N–H and O–H groups in total. The molecule has 5 nitrogen and oxygen atoms in total. The Labute approximate surface area is 123 Å². The third-order valence-electron chi connectivity index (χ3n) is 2.60. The molecule has 0 aliphatic carbocycles. The molecule has 1 aromatic heterocycles. The van der Waals surface area contributed by atoms with E-state index in [1.807, 2.05) is 5.43 Å². The molecule has 1 aromatic carbocycles. The van der Waals surface area contributed by atoms with Crippen molar-refractivity contribution in [1.82, 2.24) is 10.4 Å². The normalized spacial score (nSPS) is 11.0. The number of rotatable bonds is 4. The number of hydrogen-bond donors (Lipinski definition) is 3. The summed E-state index contributed by atoms with van der Waals surface area (Å²) in [6.45, 7) is 0. The minimum absolute atomic E-state index is 0.183. The number of aromatic nitrogens is 1. The average molecular weight is 310 g/mol. The van der Waals surface area contributed by atoms with E-state index in [0.717, 1.165) is 0 Å². The van der Waals surface area contributed by atoms with Crippen molar-refractivity contribution in [2.24, 2.45) is 5.84 Å². The summed E-state index contributed by atoms with van der Waals surface area (Å²) >= 11 is 1.38. The minimum Gasteiger partial charge on any atom is -0.306 e. The van der Waals surface area contributed by atoms with Gasteiger partial charge in [0.15, 0.2) is 0 Å². The quantitative estimate of drug-likeness (QED) is 0.461. The van der Waals surface area contributed by atoms with E-state index in [9.17, 15) is 13.6 Å². The highest BCUT2D eigenvalue weighted by Gasteiger charge is 2.15. The maximum Gasteiger partial charge on any atom is 0.333 e. The van der Waals surface area contributed by atoms with Crippen LogP contribution in [0, 0.1) is 0 Å². The van der Waals surface area contributed by atoms with Crippen LogP contribution in [0.4, 0.5) is 19.3 Å². The Kier molecular flexibility index (Phi) is 4.96. The van der Waals surface area contributed by atoms with Crippen molar-refractivity contribution < 1.29 is 13.6 Å². The molecular weight excluding hydrogens is 298 g/mol. The number of nitrogens with two attached hydrogens (primary N) is 1. The van der Waals surface area contributed by atoms with Crippen molar-refractivity contribution in [2.45, 2.75) is 6.43 Å². The van der Waals surface area contributed by atoms with Gasteiger partial charge in [0.1, 0.15) is 5.01 Å². The number of anilines is 1. The second kappa shape index (κ2) is 6.91. The second-order valence-electron chi connectivity index (χ2n) is 3.91. The fraction of sp³-hybridized carbons (Fsp3) is 0.0769. The van der Waals surface area contributed by atoms with Gasteiger partial charge in [-0.15, -0.1) is 11.3 Å². The van der Waals surface area contributed by atoms with E-state index in [-0.39, 0.29) is 16.8 Å². The van der Waals surface area contributed by atoms with E-state index >= 15 is 0 Å². The summed E-state index contributed by atoms with van der Waals surface area (Å²) in [6, 6.07) is 3.57. The fourth-order valence-electron chi connectivity index (χ4n) is 1.70. The van der Waals surface area contributed by atoms with Crippen molar-refractivity contribution in [3.63, 3.8) is 0 Å². The summed E-state index contributed by atoms with van der Waals surface area (Å²) in [4.78, 5) is 15.3. The highest BCUT2D eigenvalue weighted by molar-refractivity contribution is 7.10. The lowest BCUT2D eigenvalue weighted by atomic mass is 10.0. The number of alkyl halides is 2. The zero-order valence-electron chi connectivity index (χ0n) is 10.7. The van der Waals surface area contributed by atoms with Gasteiger partial charge in [0.2, 0.25) is 0 Å². The van der Waals surface area contributed by atoms with Gasteiger partial charge in [-0.1, -0.05) is 12.1 Å². The number of halogens is 2. The number of benzene rings is 1. The maximum atomic E-state index is 13.1. The molecule has 0 aliphatic heterocycles. The number of thiazole rings is 1. The molecule has 1 heterocycles.